The number of carbonyl (C=O) groups excluding carboxylic acids is 1. The molecule has 7 nitrogen and oxygen atoms in total. The standard InChI is InChI=1S/C27H49ClN4O.CH4.2H2O/c1-18(2)25(31-26(33)24-10-7-20-15-29-13-11-23(20)30-24)16-32-14-12-22(27(3,4)17-32)19-5-8-21(28)9-6-19;;;/h18-25,29-30H,5-17H2,1-4H3,(H,31,33);1H4;2*1H2/t19?,20?,21?,22-,23?,24?,25+;;;/m1.../s1. The predicted molar refractivity (Wildman–Crippen MR) is 152 cm³/mol. The number of likely N-dealkylation sites (tertiary alicyclic amines) is 1. The van der Waals surface area contributed by atoms with Gasteiger partial charge in [0.1, 0.15) is 0 Å². The maximum absolute atomic E-state index is 13.2. The van der Waals surface area contributed by atoms with E-state index in [4.69, 9.17) is 11.6 Å². The van der Waals surface area contributed by atoms with Crippen LogP contribution in [0.4, 0.5) is 0 Å². The Kier molecular flexibility index (Phi) is 13.7. The van der Waals surface area contributed by atoms with Gasteiger partial charge in [0.25, 0.3) is 0 Å². The Morgan fingerprint density at radius 3 is 2.33 bits per heavy atom. The van der Waals surface area contributed by atoms with Crippen LogP contribution in [0.3, 0.4) is 0 Å². The third-order valence-corrected chi connectivity index (χ3v) is 9.85. The first kappa shape index (κ1) is 33.6. The van der Waals surface area contributed by atoms with Crippen LogP contribution in [0.2, 0.25) is 0 Å². The lowest BCUT2D eigenvalue weighted by Gasteiger charge is -2.49. The molecule has 3 saturated heterocycles. The second-order valence-electron chi connectivity index (χ2n) is 12.6. The molecule has 4 rings (SSSR count). The molecule has 0 spiro atoms. The first-order valence-corrected chi connectivity index (χ1v) is 14.3. The average Bonchev–Trinajstić information content (AvgIpc) is 2.78. The number of piperidine rings is 3. The number of alkyl halides is 1. The first-order chi connectivity index (χ1) is 15.7. The lowest BCUT2D eigenvalue weighted by atomic mass is 9.64. The predicted octanol–water partition coefficient (Wildman–Crippen LogP) is 2.99. The summed E-state index contributed by atoms with van der Waals surface area (Å²) in [4.78, 5) is 15.9. The van der Waals surface area contributed by atoms with Gasteiger partial charge < -0.3 is 31.8 Å². The van der Waals surface area contributed by atoms with E-state index in [1.54, 1.807) is 0 Å². The van der Waals surface area contributed by atoms with Crippen molar-refractivity contribution in [2.45, 2.75) is 110 Å². The highest BCUT2D eigenvalue weighted by molar-refractivity contribution is 6.20. The molecular weight excluding hydrogens is 476 g/mol. The van der Waals surface area contributed by atoms with Crippen molar-refractivity contribution in [3.8, 4) is 0 Å². The van der Waals surface area contributed by atoms with Crippen molar-refractivity contribution in [2.75, 3.05) is 32.7 Å². The lowest BCUT2D eigenvalue weighted by Crippen LogP contribution is -2.60. The van der Waals surface area contributed by atoms with Gasteiger partial charge in [-0.3, -0.25) is 4.79 Å². The Morgan fingerprint density at radius 2 is 1.69 bits per heavy atom. The molecule has 4 fully saturated rings. The van der Waals surface area contributed by atoms with E-state index in [0.717, 1.165) is 63.8 Å². The average molecular weight is 533 g/mol. The molecule has 0 radical (unpaired) electrons. The van der Waals surface area contributed by atoms with Crippen LogP contribution >= 0.6 is 11.6 Å². The SMILES string of the molecule is C.CC(C)[C@H](CN1CC[C@H](C2CCC(Cl)CC2)C(C)(C)C1)NC(=O)C1CCC2CNCCC2N1.O.O. The molecule has 4 aliphatic rings. The van der Waals surface area contributed by atoms with Crippen molar-refractivity contribution in [2.24, 2.45) is 29.1 Å². The number of fused-ring (bicyclic) bond motifs is 1. The Morgan fingerprint density at radius 1 is 1.03 bits per heavy atom. The zero-order valence-electron chi connectivity index (χ0n) is 22.5. The molecule has 7 N–H and O–H groups in total. The maximum atomic E-state index is 13.2. The van der Waals surface area contributed by atoms with Crippen molar-refractivity contribution < 1.29 is 15.7 Å². The lowest BCUT2D eigenvalue weighted by molar-refractivity contribution is -0.125. The monoisotopic (exact) mass is 532 g/mol. The van der Waals surface area contributed by atoms with E-state index in [9.17, 15) is 4.79 Å². The van der Waals surface area contributed by atoms with E-state index in [1.165, 1.54) is 32.1 Å². The molecule has 1 aliphatic carbocycles. The third-order valence-electron chi connectivity index (χ3n) is 9.41. The minimum Gasteiger partial charge on any atom is -0.412 e. The Labute approximate surface area is 225 Å². The molecule has 8 heteroatoms. The molecule has 0 aromatic rings. The molecule has 1 saturated carbocycles. The van der Waals surface area contributed by atoms with Crippen LogP contribution in [-0.4, -0.2) is 78.0 Å². The molecule has 3 unspecified atom stereocenters. The Bertz CT molecular complexity index is 657. The van der Waals surface area contributed by atoms with Gasteiger partial charge >= 0.3 is 0 Å². The summed E-state index contributed by atoms with van der Waals surface area (Å²) in [6, 6.07) is 0.691. The van der Waals surface area contributed by atoms with E-state index in [2.05, 4.69) is 48.5 Å². The Balaban J connectivity index is 0.00000216. The molecule has 214 valence electrons. The number of nitrogens with one attached hydrogen (secondary N) is 3. The van der Waals surface area contributed by atoms with Gasteiger partial charge in [-0.1, -0.05) is 35.1 Å². The molecular formula is C28H57ClN4O3. The highest BCUT2D eigenvalue weighted by Crippen LogP contribution is 2.45. The van der Waals surface area contributed by atoms with Crippen molar-refractivity contribution >= 4 is 17.5 Å². The van der Waals surface area contributed by atoms with Crippen LogP contribution in [0, 0.1) is 29.1 Å². The summed E-state index contributed by atoms with van der Waals surface area (Å²) >= 11 is 6.38. The number of rotatable bonds is 6. The van der Waals surface area contributed by atoms with Gasteiger partial charge in [0.05, 0.1) is 6.04 Å². The minimum atomic E-state index is -0.0233. The van der Waals surface area contributed by atoms with Crippen LogP contribution in [0.5, 0.6) is 0 Å². The summed E-state index contributed by atoms with van der Waals surface area (Å²) in [5.74, 6) is 2.98. The summed E-state index contributed by atoms with van der Waals surface area (Å²) in [5.41, 5.74) is 0.322. The van der Waals surface area contributed by atoms with Gasteiger partial charge in [-0.15, -0.1) is 11.6 Å². The fourth-order valence-corrected chi connectivity index (χ4v) is 7.61. The van der Waals surface area contributed by atoms with E-state index in [1.807, 2.05) is 0 Å². The van der Waals surface area contributed by atoms with Crippen molar-refractivity contribution in [3.63, 3.8) is 0 Å². The van der Waals surface area contributed by atoms with E-state index in [-0.39, 0.29) is 36.4 Å². The van der Waals surface area contributed by atoms with E-state index >= 15 is 0 Å². The molecule has 0 aromatic heterocycles. The van der Waals surface area contributed by atoms with Crippen molar-refractivity contribution in [3.05, 3.63) is 0 Å². The van der Waals surface area contributed by atoms with Crippen LogP contribution in [0.1, 0.15) is 86.5 Å². The minimum absolute atomic E-state index is 0. The normalized spacial score (nSPS) is 35.3. The van der Waals surface area contributed by atoms with E-state index in [0.29, 0.717) is 28.7 Å². The fourth-order valence-electron chi connectivity index (χ4n) is 7.36. The molecule has 3 aliphatic heterocycles. The number of carbonyl (C=O) groups is 1. The van der Waals surface area contributed by atoms with Crippen molar-refractivity contribution in [1.82, 2.24) is 20.9 Å². The number of amides is 1. The second kappa shape index (κ2) is 14.6. The van der Waals surface area contributed by atoms with Gasteiger partial charge in [-0.25, -0.2) is 0 Å². The van der Waals surface area contributed by atoms with E-state index < -0.39 is 0 Å². The number of halogens is 1. The molecule has 0 aromatic carbocycles. The topological polar surface area (TPSA) is 119 Å². The largest absolute Gasteiger partial charge is 0.412 e. The van der Waals surface area contributed by atoms with Gasteiger partial charge in [0, 0.05) is 30.6 Å². The molecule has 5 atom stereocenters. The van der Waals surface area contributed by atoms with Crippen LogP contribution in [0.15, 0.2) is 0 Å². The third kappa shape index (κ3) is 8.28. The number of hydrogen-bond acceptors (Lipinski definition) is 4. The van der Waals surface area contributed by atoms with Crippen LogP contribution < -0.4 is 16.0 Å². The first-order valence-electron chi connectivity index (χ1n) is 13.9. The van der Waals surface area contributed by atoms with Crippen LogP contribution in [-0.2, 0) is 4.79 Å². The zero-order chi connectivity index (χ0) is 23.6. The summed E-state index contributed by atoms with van der Waals surface area (Å²) < 4.78 is 0. The summed E-state index contributed by atoms with van der Waals surface area (Å²) in [6.07, 6.45) is 9.53. The van der Waals surface area contributed by atoms with Gasteiger partial charge in [-0.05, 0) is 100 Å². The molecule has 36 heavy (non-hydrogen) atoms. The molecule has 1 amide bonds. The Hall–Kier alpha value is -0.440. The highest BCUT2D eigenvalue weighted by atomic mass is 35.5. The molecule has 3 heterocycles. The fraction of sp³-hybridized carbons (Fsp3) is 0.964. The van der Waals surface area contributed by atoms with Gasteiger partial charge in [-0.2, -0.15) is 0 Å². The van der Waals surface area contributed by atoms with Gasteiger partial charge in [0.2, 0.25) is 5.91 Å². The quantitative estimate of drug-likeness (QED) is 0.455. The smallest absolute Gasteiger partial charge is 0.237 e. The van der Waals surface area contributed by atoms with Crippen molar-refractivity contribution in [1.29, 1.82) is 0 Å². The van der Waals surface area contributed by atoms with Gasteiger partial charge in [0.15, 0.2) is 0 Å². The zero-order valence-corrected chi connectivity index (χ0v) is 23.3. The molecule has 0 bridgehead atoms. The highest BCUT2D eigenvalue weighted by Gasteiger charge is 2.42. The second-order valence-corrected chi connectivity index (χ2v) is 13.3. The number of hydrogen-bond donors (Lipinski definition) is 3. The summed E-state index contributed by atoms with van der Waals surface area (Å²) in [6.45, 7) is 14.9. The summed E-state index contributed by atoms with van der Waals surface area (Å²) in [7, 11) is 0. The maximum Gasteiger partial charge on any atom is 0.237 e. The van der Waals surface area contributed by atoms with Crippen LogP contribution in [0.25, 0.3) is 0 Å². The summed E-state index contributed by atoms with van der Waals surface area (Å²) in [5, 5.41) is 11.1. The number of nitrogens with zero attached hydrogens (tertiary/aromatic N) is 1.